The lowest BCUT2D eigenvalue weighted by Gasteiger charge is -2.22. The minimum Gasteiger partial charge on any atom is -0.471 e. The molecule has 0 atom stereocenters. The number of rotatable bonds is 8. The highest BCUT2D eigenvalue weighted by atomic mass is 35.5. The van der Waals surface area contributed by atoms with E-state index in [0.717, 1.165) is 11.3 Å². The first-order chi connectivity index (χ1) is 14.7. The van der Waals surface area contributed by atoms with Crippen LogP contribution in [0, 0.1) is 12.7 Å². The number of aromatic nitrogens is 1. The third-order valence-electron chi connectivity index (χ3n) is 4.00. The standard InChI is InChI=1S/C20H22ClFN4O.C2H4O2/c1-13(16-10-15(21)5-6-17(16)22)9-19(20(24-12-27)26(3)4)25-18-7-8-23-11-14(18)2;1-4-2-3/h5-12H,1-4H3,(H,23,25)(H,24,27);2H,1H3/b13-9+,20-19-;. The van der Waals surface area contributed by atoms with Gasteiger partial charge in [-0.25, -0.2) is 4.39 Å². The van der Waals surface area contributed by atoms with E-state index in [4.69, 9.17) is 16.4 Å². The van der Waals surface area contributed by atoms with E-state index in [0.29, 0.717) is 40.6 Å². The van der Waals surface area contributed by atoms with Crippen molar-refractivity contribution in [3.05, 3.63) is 76.2 Å². The number of pyridine rings is 1. The molecule has 2 N–H and O–H groups in total. The molecule has 1 aromatic heterocycles. The highest BCUT2D eigenvalue weighted by molar-refractivity contribution is 6.30. The second-order valence-corrected chi connectivity index (χ2v) is 6.95. The van der Waals surface area contributed by atoms with Crippen molar-refractivity contribution in [1.82, 2.24) is 15.2 Å². The topological polar surface area (TPSA) is 83.6 Å². The lowest BCUT2D eigenvalue weighted by Crippen LogP contribution is -2.28. The fraction of sp³-hybridized carbons (Fsp3) is 0.227. The van der Waals surface area contributed by atoms with Crippen LogP contribution in [-0.2, 0) is 14.3 Å². The van der Waals surface area contributed by atoms with Crippen LogP contribution in [0.15, 0.2) is 54.3 Å². The minimum absolute atomic E-state index is 0.373. The van der Waals surface area contributed by atoms with Gasteiger partial charge >= 0.3 is 0 Å². The van der Waals surface area contributed by atoms with Gasteiger partial charge in [0.2, 0.25) is 6.41 Å². The maximum absolute atomic E-state index is 14.2. The molecule has 0 aliphatic heterocycles. The molecule has 2 rings (SSSR count). The average Bonchev–Trinajstić information content (AvgIpc) is 2.74. The SMILES string of the molecule is C/C(=C\C(Nc1ccncc1C)=C(/NC=O)N(C)C)c1cc(Cl)ccc1F.COC=O. The molecule has 0 bridgehead atoms. The number of benzene rings is 1. The molecule has 166 valence electrons. The fourth-order valence-electron chi connectivity index (χ4n) is 2.52. The fourth-order valence-corrected chi connectivity index (χ4v) is 2.69. The minimum atomic E-state index is -0.373. The molecule has 1 heterocycles. The molecule has 0 unspecified atom stereocenters. The van der Waals surface area contributed by atoms with Crippen LogP contribution < -0.4 is 10.6 Å². The normalized spacial score (nSPS) is 11.4. The number of methoxy groups -OCH3 is 1. The first-order valence-corrected chi connectivity index (χ1v) is 9.52. The molecule has 31 heavy (non-hydrogen) atoms. The van der Waals surface area contributed by atoms with Crippen molar-refractivity contribution in [3.8, 4) is 0 Å². The second-order valence-electron chi connectivity index (χ2n) is 6.52. The van der Waals surface area contributed by atoms with Gasteiger partial charge in [0.1, 0.15) is 11.6 Å². The molecule has 9 heteroatoms. The van der Waals surface area contributed by atoms with E-state index in [9.17, 15) is 9.18 Å². The highest BCUT2D eigenvalue weighted by Crippen LogP contribution is 2.25. The van der Waals surface area contributed by atoms with Crippen molar-refractivity contribution in [3.63, 3.8) is 0 Å². The largest absolute Gasteiger partial charge is 0.471 e. The van der Waals surface area contributed by atoms with E-state index in [1.807, 2.05) is 13.0 Å². The number of halogens is 2. The van der Waals surface area contributed by atoms with Crippen LogP contribution in [-0.4, -0.2) is 44.0 Å². The van der Waals surface area contributed by atoms with Crippen molar-refractivity contribution in [2.75, 3.05) is 26.5 Å². The van der Waals surface area contributed by atoms with Gasteiger partial charge in [-0.3, -0.25) is 14.6 Å². The number of ether oxygens (including phenoxy) is 1. The molecule has 0 saturated heterocycles. The number of anilines is 1. The van der Waals surface area contributed by atoms with Crippen LogP contribution in [0.5, 0.6) is 0 Å². The van der Waals surface area contributed by atoms with E-state index in [-0.39, 0.29) is 5.82 Å². The first-order valence-electron chi connectivity index (χ1n) is 9.14. The summed E-state index contributed by atoms with van der Waals surface area (Å²) in [7, 11) is 4.92. The van der Waals surface area contributed by atoms with Gasteiger partial charge < -0.3 is 20.3 Å². The molecular formula is C22H26ClFN4O3. The summed E-state index contributed by atoms with van der Waals surface area (Å²) in [6.07, 6.45) is 5.76. The number of nitrogens with one attached hydrogen (secondary N) is 2. The molecule has 1 aromatic carbocycles. The zero-order chi connectivity index (χ0) is 23.4. The van der Waals surface area contributed by atoms with Crippen molar-refractivity contribution in [2.24, 2.45) is 0 Å². The van der Waals surface area contributed by atoms with Crippen molar-refractivity contribution in [1.29, 1.82) is 0 Å². The molecular weight excluding hydrogens is 423 g/mol. The van der Waals surface area contributed by atoms with E-state index in [2.05, 4.69) is 20.4 Å². The number of allylic oxidation sites excluding steroid dienone is 2. The number of carbonyl (C=O) groups is 2. The van der Waals surface area contributed by atoms with Gasteiger partial charge in [0.15, 0.2) is 0 Å². The third-order valence-corrected chi connectivity index (χ3v) is 4.23. The van der Waals surface area contributed by atoms with Gasteiger partial charge in [0.25, 0.3) is 6.47 Å². The quantitative estimate of drug-likeness (QED) is 0.469. The number of amides is 1. The van der Waals surface area contributed by atoms with Gasteiger partial charge in [-0.1, -0.05) is 11.6 Å². The Labute approximate surface area is 186 Å². The first kappa shape index (κ1) is 25.6. The average molecular weight is 449 g/mol. The zero-order valence-electron chi connectivity index (χ0n) is 18.1. The van der Waals surface area contributed by atoms with Crippen LogP contribution >= 0.6 is 11.6 Å². The summed E-state index contributed by atoms with van der Waals surface area (Å²) >= 11 is 6.02. The molecule has 0 spiro atoms. The number of aryl methyl sites for hydroxylation is 1. The lowest BCUT2D eigenvalue weighted by molar-refractivity contribution is -0.126. The van der Waals surface area contributed by atoms with Crippen LogP contribution in [0.2, 0.25) is 5.02 Å². The van der Waals surface area contributed by atoms with Gasteiger partial charge in [0, 0.05) is 42.8 Å². The predicted molar refractivity (Wildman–Crippen MR) is 121 cm³/mol. The summed E-state index contributed by atoms with van der Waals surface area (Å²) in [5, 5.41) is 6.43. The molecule has 1 amide bonds. The Morgan fingerprint density at radius 3 is 2.48 bits per heavy atom. The van der Waals surface area contributed by atoms with Crippen molar-refractivity contribution in [2.45, 2.75) is 13.8 Å². The summed E-state index contributed by atoms with van der Waals surface area (Å²) in [6.45, 7) is 4.08. The Kier molecular flexibility index (Phi) is 10.8. The summed E-state index contributed by atoms with van der Waals surface area (Å²) in [5.41, 5.74) is 3.38. The van der Waals surface area contributed by atoms with Gasteiger partial charge in [-0.15, -0.1) is 0 Å². The molecule has 0 radical (unpaired) electrons. The summed E-state index contributed by atoms with van der Waals surface area (Å²) in [4.78, 5) is 25.9. The van der Waals surface area contributed by atoms with E-state index < -0.39 is 0 Å². The van der Waals surface area contributed by atoms with Crippen molar-refractivity contribution >= 4 is 35.7 Å². The molecule has 0 aliphatic rings. The predicted octanol–water partition coefficient (Wildman–Crippen LogP) is 3.96. The van der Waals surface area contributed by atoms with Gasteiger partial charge in [-0.2, -0.15) is 0 Å². The Balaban J connectivity index is 0.00000110. The zero-order valence-corrected chi connectivity index (χ0v) is 18.8. The molecule has 0 aliphatic carbocycles. The number of hydrogen-bond donors (Lipinski definition) is 2. The van der Waals surface area contributed by atoms with E-state index >= 15 is 0 Å². The molecule has 0 fully saturated rings. The second kappa shape index (κ2) is 13.0. The Bertz CT molecular complexity index is 962. The molecule has 7 nitrogen and oxygen atoms in total. The van der Waals surface area contributed by atoms with Crippen LogP contribution in [0.25, 0.3) is 5.57 Å². The van der Waals surface area contributed by atoms with Crippen LogP contribution in [0.1, 0.15) is 18.1 Å². The number of hydrogen-bond acceptors (Lipinski definition) is 6. The summed E-state index contributed by atoms with van der Waals surface area (Å²) in [5.74, 6) is 0.158. The Morgan fingerprint density at radius 1 is 1.26 bits per heavy atom. The molecule has 0 saturated carbocycles. The number of nitrogens with zero attached hydrogens (tertiary/aromatic N) is 2. The van der Waals surface area contributed by atoms with Crippen LogP contribution in [0.4, 0.5) is 10.1 Å². The molecule has 2 aromatic rings. The lowest BCUT2D eigenvalue weighted by atomic mass is 10.1. The summed E-state index contributed by atoms with van der Waals surface area (Å²) in [6, 6.07) is 6.23. The highest BCUT2D eigenvalue weighted by Gasteiger charge is 2.12. The van der Waals surface area contributed by atoms with Gasteiger partial charge in [0.05, 0.1) is 12.8 Å². The smallest absolute Gasteiger partial charge is 0.292 e. The maximum atomic E-state index is 14.2. The van der Waals surface area contributed by atoms with Gasteiger partial charge in [-0.05, 0) is 55.3 Å². The van der Waals surface area contributed by atoms with E-state index in [1.165, 1.54) is 19.2 Å². The summed E-state index contributed by atoms with van der Waals surface area (Å²) < 4.78 is 18.1. The maximum Gasteiger partial charge on any atom is 0.292 e. The van der Waals surface area contributed by atoms with E-state index in [1.54, 1.807) is 50.5 Å². The monoisotopic (exact) mass is 448 g/mol. The third kappa shape index (κ3) is 8.10. The van der Waals surface area contributed by atoms with Crippen LogP contribution in [0.3, 0.4) is 0 Å². The Hall–Kier alpha value is -3.39. The van der Waals surface area contributed by atoms with Crippen molar-refractivity contribution < 1.29 is 18.7 Å². The Morgan fingerprint density at radius 2 is 1.94 bits per heavy atom. The number of carbonyl (C=O) groups excluding carboxylic acids is 2.